The van der Waals surface area contributed by atoms with Gasteiger partial charge in [-0.3, -0.25) is 0 Å². The SMILES string of the molecule is CN(C)C(=O)N1CCN(c2nc(-c3ccc(Cl)cc3)cs2)CC1. The summed E-state index contributed by atoms with van der Waals surface area (Å²) in [5.74, 6) is 0. The van der Waals surface area contributed by atoms with Gasteiger partial charge in [-0.2, -0.15) is 0 Å². The van der Waals surface area contributed by atoms with Crippen LogP contribution in [0, 0.1) is 0 Å². The van der Waals surface area contributed by atoms with Gasteiger partial charge in [-0.15, -0.1) is 11.3 Å². The highest BCUT2D eigenvalue weighted by molar-refractivity contribution is 7.14. The average Bonchev–Trinajstić information content (AvgIpc) is 3.05. The van der Waals surface area contributed by atoms with Crippen molar-refractivity contribution in [3.63, 3.8) is 0 Å². The van der Waals surface area contributed by atoms with Gasteiger partial charge in [-0.1, -0.05) is 23.7 Å². The number of urea groups is 1. The molecule has 0 spiro atoms. The molecule has 2 aromatic rings. The number of rotatable bonds is 2. The molecule has 2 amide bonds. The molecule has 1 aliphatic rings. The molecule has 1 aromatic carbocycles. The molecule has 2 heterocycles. The summed E-state index contributed by atoms with van der Waals surface area (Å²) in [5, 5.41) is 3.80. The monoisotopic (exact) mass is 350 g/mol. The van der Waals surface area contributed by atoms with Gasteiger partial charge in [0.05, 0.1) is 5.69 Å². The maximum Gasteiger partial charge on any atom is 0.319 e. The summed E-state index contributed by atoms with van der Waals surface area (Å²) < 4.78 is 0. The summed E-state index contributed by atoms with van der Waals surface area (Å²) >= 11 is 7.56. The van der Waals surface area contributed by atoms with E-state index in [-0.39, 0.29) is 6.03 Å². The third kappa shape index (κ3) is 3.59. The average molecular weight is 351 g/mol. The summed E-state index contributed by atoms with van der Waals surface area (Å²) in [6.07, 6.45) is 0. The number of piperazine rings is 1. The van der Waals surface area contributed by atoms with Crippen molar-refractivity contribution in [2.24, 2.45) is 0 Å². The molecule has 1 aliphatic heterocycles. The Hall–Kier alpha value is -1.79. The molecule has 0 unspecified atom stereocenters. The van der Waals surface area contributed by atoms with Crippen LogP contribution in [-0.4, -0.2) is 61.1 Å². The van der Waals surface area contributed by atoms with Gasteiger partial charge < -0.3 is 14.7 Å². The van der Waals surface area contributed by atoms with E-state index in [4.69, 9.17) is 16.6 Å². The molecule has 1 saturated heterocycles. The minimum Gasteiger partial charge on any atom is -0.345 e. The molecule has 0 N–H and O–H groups in total. The number of aromatic nitrogens is 1. The molecule has 122 valence electrons. The van der Waals surface area contributed by atoms with Crippen molar-refractivity contribution in [2.75, 3.05) is 45.2 Å². The fourth-order valence-corrected chi connectivity index (χ4v) is 3.55. The Bertz CT molecular complexity index is 678. The first kappa shape index (κ1) is 16.1. The van der Waals surface area contributed by atoms with Crippen LogP contribution < -0.4 is 4.90 Å². The van der Waals surface area contributed by atoms with Gasteiger partial charge in [0.25, 0.3) is 0 Å². The Kier molecular flexibility index (Phi) is 4.73. The van der Waals surface area contributed by atoms with Crippen molar-refractivity contribution < 1.29 is 4.79 Å². The van der Waals surface area contributed by atoms with Gasteiger partial charge in [0.1, 0.15) is 0 Å². The van der Waals surface area contributed by atoms with Gasteiger partial charge in [0.15, 0.2) is 5.13 Å². The topological polar surface area (TPSA) is 39.7 Å². The van der Waals surface area contributed by atoms with Gasteiger partial charge in [-0.25, -0.2) is 9.78 Å². The minimum absolute atomic E-state index is 0.0747. The molecule has 0 aliphatic carbocycles. The molecule has 0 atom stereocenters. The number of carbonyl (C=O) groups is 1. The quantitative estimate of drug-likeness (QED) is 0.834. The zero-order chi connectivity index (χ0) is 16.4. The summed E-state index contributed by atoms with van der Waals surface area (Å²) in [6.45, 7) is 3.08. The highest BCUT2D eigenvalue weighted by Gasteiger charge is 2.23. The maximum absolute atomic E-state index is 12.0. The van der Waals surface area contributed by atoms with Crippen LogP contribution in [0.2, 0.25) is 5.02 Å². The van der Waals surface area contributed by atoms with E-state index in [2.05, 4.69) is 10.3 Å². The number of halogens is 1. The van der Waals surface area contributed by atoms with Crippen LogP contribution in [0.3, 0.4) is 0 Å². The number of nitrogens with zero attached hydrogens (tertiary/aromatic N) is 4. The van der Waals surface area contributed by atoms with Crippen molar-refractivity contribution in [1.29, 1.82) is 0 Å². The first-order chi connectivity index (χ1) is 11.0. The van der Waals surface area contributed by atoms with Crippen molar-refractivity contribution in [1.82, 2.24) is 14.8 Å². The molecule has 3 rings (SSSR count). The maximum atomic E-state index is 12.0. The summed E-state index contributed by atoms with van der Waals surface area (Å²) in [7, 11) is 3.57. The number of thiazole rings is 1. The van der Waals surface area contributed by atoms with Crippen LogP contribution in [0.4, 0.5) is 9.93 Å². The second kappa shape index (κ2) is 6.76. The van der Waals surface area contributed by atoms with E-state index in [0.29, 0.717) is 0 Å². The van der Waals surface area contributed by atoms with Gasteiger partial charge in [0, 0.05) is 56.2 Å². The molecule has 0 radical (unpaired) electrons. The second-order valence-corrected chi connectivity index (χ2v) is 6.95. The Morgan fingerprint density at radius 2 is 1.83 bits per heavy atom. The summed E-state index contributed by atoms with van der Waals surface area (Å²) in [5.41, 5.74) is 2.03. The first-order valence-electron chi connectivity index (χ1n) is 7.47. The van der Waals surface area contributed by atoms with Crippen molar-refractivity contribution in [3.8, 4) is 11.3 Å². The zero-order valence-corrected chi connectivity index (χ0v) is 14.8. The van der Waals surface area contributed by atoms with Crippen LogP contribution in [-0.2, 0) is 0 Å². The number of hydrogen-bond donors (Lipinski definition) is 0. The van der Waals surface area contributed by atoms with E-state index >= 15 is 0 Å². The van der Waals surface area contributed by atoms with Crippen molar-refractivity contribution in [3.05, 3.63) is 34.7 Å². The fraction of sp³-hybridized carbons (Fsp3) is 0.375. The third-order valence-corrected chi connectivity index (χ3v) is 4.99. The second-order valence-electron chi connectivity index (χ2n) is 5.67. The molecule has 0 saturated carbocycles. The highest BCUT2D eigenvalue weighted by atomic mass is 35.5. The zero-order valence-electron chi connectivity index (χ0n) is 13.2. The van der Waals surface area contributed by atoms with Crippen LogP contribution in [0.25, 0.3) is 11.3 Å². The van der Waals surface area contributed by atoms with Crippen LogP contribution in [0.5, 0.6) is 0 Å². The molecule has 0 bridgehead atoms. The van der Waals surface area contributed by atoms with Gasteiger partial charge in [0.2, 0.25) is 0 Å². The Labute approximate surface area is 145 Å². The molecule has 7 heteroatoms. The fourth-order valence-electron chi connectivity index (χ4n) is 2.53. The van der Waals surface area contributed by atoms with Crippen molar-refractivity contribution >= 4 is 34.1 Å². The number of carbonyl (C=O) groups excluding carboxylic acids is 1. The lowest BCUT2D eigenvalue weighted by molar-refractivity contribution is 0.168. The molecule has 5 nitrogen and oxygen atoms in total. The smallest absolute Gasteiger partial charge is 0.319 e. The van der Waals surface area contributed by atoms with Gasteiger partial charge in [-0.05, 0) is 12.1 Å². The third-order valence-electron chi connectivity index (χ3n) is 3.84. The van der Waals surface area contributed by atoms with Crippen LogP contribution in [0.15, 0.2) is 29.6 Å². The summed E-state index contributed by atoms with van der Waals surface area (Å²) in [4.78, 5) is 22.4. The lowest BCUT2D eigenvalue weighted by Gasteiger charge is -2.35. The number of hydrogen-bond acceptors (Lipinski definition) is 4. The normalized spacial score (nSPS) is 14.9. The lowest BCUT2D eigenvalue weighted by atomic mass is 10.2. The number of benzene rings is 1. The highest BCUT2D eigenvalue weighted by Crippen LogP contribution is 2.28. The number of amides is 2. The predicted molar refractivity (Wildman–Crippen MR) is 95.4 cm³/mol. The van der Waals surface area contributed by atoms with E-state index in [1.165, 1.54) is 0 Å². The molecule has 1 fully saturated rings. The van der Waals surface area contributed by atoms with Crippen LogP contribution in [0.1, 0.15) is 0 Å². The van der Waals surface area contributed by atoms with Gasteiger partial charge >= 0.3 is 6.03 Å². The first-order valence-corrected chi connectivity index (χ1v) is 8.73. The predicted octanol–water partition coefficient (Wildman–Crippen LogP) is 3.27. The summed E-state index contributed by atoms with van der Waals surface area (Å²) in [6, 6.07) is 7.79. The minimum atomic E-state index is 0.0747. The Balaban J connectivity index is 1.66. The van der Waals surface area contributed by atoms with Crippen LogP contribution >= 0.6 is 22.9 Å². The molecule has 1 aromatic heterocycles. The van der Waals surface area contributed by atoms with Crippen molar-refractivity contribution in [2.45, 2.75) is 0 Å². The molecular formula is C16H19ClN4OS. The van der Waals surface area contributed by atoms with E-state index in [0.717, 1.165) is 47.6 Å². The van der Waals surface area contributed by atoms with E-state index in [9.17, 15) is 4.79 Å². The Morgan fingerprint density at radius 3 is 2.43 bits per heavy atom. The standard InChI is InChI=1S/C16H19ClN4OS/c1-19(2)16(22)21-9-7-20(8-10-21)15-18-14(11-23-15)12-3-5-13(17)6-4-12/h3-6,11H,7-10H2,1-2H3. The lowest BCUT2D eigenvalue weighted by Crippen LogP contribution is -2.51. The largest absolute Gasteiger partial charge is 0.345 e. The number of anilines is 1. The van der Waals surface area contributed by atoms with E-state index in [1.54, 1.807) is 30.3 Å². The van der Waals surface area contributed by atoms with E-state index < -0.39 is 0 Å². The Morgan fingerprint density at radius 1 is 1.17 bits per heavy atom. The van der Waals surface area contributed by atoms with E-state index in [1.807, 2.05) is 29.2 Å². The molecular weight excluding hydrogens is 332 g/mol. The molecule has 23 heavy (non-hydrogen) atoms.